The molecule has 1 atom stereocenters. The van der Waals surface area contributed by atoms with Crippen molar-refractivity contribution in [3.8, 4) is 0 Å². The maximum atomic E-state index is 12.1. The zero-order valence-corrected chi connectivity index (χ0v) is 12.7. The number of primary amides is 1. The number of halogens is 1. The van der Waals surface area contributed by atoms with E-state index in [4.69, 9.17) is 17.3 Å². The molecule has 1 aromatic heterocycles. The lowest BCUT2D eigenvalue weighted by Gasteiger charge is -2.18. The van der Waals surface area contributed by atoms with Crippen LogP contribution in [0.2, 0.25) is 5.02 Å². The minimum Gasteiger partial charge on any atom is -0.352 e. The molecule has 0 saturated carbocycles. The number of rotatable bonds is 5. The topological polar surface area (TPSA) is 102 Å². The zero-order chi connectivity index (χ0) is 16.1. The Kier molecular flexibility index (Phi) is 5.00. The van der Waals surface area contributed by atoms with Crippen LogP contribution in [0.3, 0.4) is 0 Å². The van der Waals surface area contributed by atoms with Crippen LogP contribution in [-0.2, 0) is 11.8 Å². The number of amides is 3. The fraction of sp³-hybridized carbons (Fsp3) is 0.214. The highest BCUT2D eigenvalue weighted by Gasteiger charge is 2.20. The summed E-state index contributed by atoms with van der Waals surface area (Å²) in [5, 5.41) is 9.64. The highest BCUT2D eigenvalue weighted by molar-refractivity contribution is 6.31. The Morgan fingerprint density at radius 2 is 2.14 bits per heavy atom. The molecule has 2 aromatic rings. The van der Waals surface area contributed by atoms with Gasteiger partial charge in [-0.1, -0.05) is 29.8 Å². The van der Waals surface area contributed by atoms with Crippen LogP contribution in [0.5, 0.6) is 0 Å². The maximum absolute atomic E-state index is 12.1. The normalized spacial score (nSPS) is 11.7. The van der Waals surface area contributed by atoms with Gasteiger partial charge in [-0.2, -0.15) is 5.10 Å². The number of nitrogens with zero attached hydrogens (tertiary/aromatic N) is 2. The van der Waals surface area contributed by atoms with Gasteiger partial charge in [-0.3, -0.25) is 9.48 Å². The molecule has 22 heavy (non-hydrogen) atoms. The van der Waals surface area contributed by atoms with Gasteiger partial charge in [-0.15, -0.1) is 0 Å². The van der Waals surface area contributed by atoms with Gasteiger partial charge in [0, 0.05) is 18.3 Å². The quantitative estimate of drug-likeness (QED) is 0.782. The van der Waals surface area contributed by atoms with Crippen LogP contribution in [0.15, 0.2) is 36.7 Å². The number of hydrogen-bond acceptors (Lipinski definition) is 3. The van der Waals surface area contributed by atoms with Gasteiger partial charge in [0.05, 0.1) is 24.3 Å². The lowest BCUT2D eigenvalue weighted by molar-refractivity contribution is -0.116. The molecule has 2 rings (SSSR count). The largest absolute Gasteiger partial charge is 0.352 e. The first-order chi connectivity index (χ1) is 10.5. The van der Waals surface area contributed by atoms with Crippen molar-refractivity contribution in [3.63, 3.8) is 0 Å². The number of benzene rings is 1. The Labute approximate surface area is 132 Å². The Bertz CT molecular complexity index is 685. The summed E-state index contributed by atoms with van der Waals surface area (Å²) in [5.41, 5.74) is 6.38. The summed E-state index contributed by atoms with van der Waals surface area (Å²) in [4.78, 5) is 23.3. The van der Waals surface area contributed by atoms with E-state index >= 15 is 0 Å². The first kappa shape index (κ1) is 15.8. The molecule has 8 heteroatoms. The average Bonchev–Trinajstić information content (AvgIpc) is 2.83. The predicted molar refractivity (Wildman–Crippen MR) is 83.4 cm³/mol. The number of nitrogens with one attached hydrogen (secondary N) is 2. The SMILES string of the molecule is Cn1cc(NC(=O)CC(NC(N)=O)c2ccccc2Cl)cn1. The van der Waals surface area contributed by atoms with Crippen LogP contribution in [0.4, 0.5) is 10.5 Å². The molecule has 0 bridgehead atoms. The first-order valence-corrected chi connectivity index (χ1v) is 6.92. The molecule has 4 N–H and O–H groups in total. The molecule has 116 valence electrons. The predicted octanol–water partition coefficient (Wildman–Crippen LogP) is 1.81. The van der Waals surface area contributed by atoms with Crippen molar-refractivity contribution in [3.05, 3.63) is 47.2 Å². The van der Waals surface area contributed by atoms with Crippen LogP contribution < -0.4 is 16.4 Å². The fourth-order valence-electron chi connectivity index (χ4n) is 2.05. The smallest absolute Gasteiger partial charge is 0.312 e. The van der Waals surface area contributed by atoms with E-state index in [-0.39, 0.29) is 12.3 Å². The zero-order valence-electron chi connectivity index (χ0n) is 11.9. The van der Waals surface area contributed by atoms with Crippen molar-refractivity contribution >= 4 is 29.2 Å². The molecule has 0 aliphatic rings. The highest BCUT2D eigenvalue weighted by atomic mass is 35.5. The van der Waals surface area contributed by atoms with E-state index in [9.17, 15) is 9.59 Å². The van der Waals surface area contributed by atoms with Gasteiger partial charge in [0.2, 0.25) is 5.91 Å². The summed E-state index contributed by atoms with van der Waals surface area (Å²) in [5.74, 6) is -0.285. The number of urea groups is 1. The summed E-state index contributed by atoms with van der Waals surface area (Å²) in [6, 6.07) is 5.63. The van der Waals surface area contributed by atoms with Gasteiger partial charge in [0.15, 0.2) is 0 Å². The Morgan fingerprint density at radius 1 is 1.41 bits per heavy atom. The average molecular weight is 322 g/mol. The van der Waals surface area contributed by atoms with Gasteiger partial charge < -0.3 is 16.4 Å². The van der Waals surface area contributed by atoms with E-state index < -0.39 is 12.1 Å². The summed E-state index contributed by atoms with van der Waals surface area (Å²) in [6.45, 7) is 0. The second-order valence-corrected chi connectivity index (χ2v) is 5.14. The molecule has 0 spiro atoms. The summed E-state index contributed by atoms with van der Waals surface area (Å²) >= 11 is 6.11. The molecule has 0 fully saturated rings. The van der Waals surface area contributed by atoms with E-state index in [0.29, 0.717) is 16.3 Å². The lowest BCUT2D eigenvalue weighted by Crippen LogP contribution is -2.35. The van der Waals surface area contributed by atoms with E-state index in [1.54, 1.807) is 42.2 Å². The third kappa shape index (κ3) is 4.23. The molecule has 0 aliphatic heterocycles. The van der Waals surface area contributed by atoms with E-state index in [2.05, 4.69) is 15.7 Å². The van der Waals surface area contributed by atoms with Gasteiger partial charge in [-0.25, -0.2) is 4.79 Å². The van der Waals surface area contributed by atoms with Crippen LogP contribution in [-0.4, -0.2) is 21.7 Å². The number of anilines is 1. The van der Waals surface area contributed by atoms with Gasteiger partial charge in [0.1, 0.15) is 0 Å². The molecule has 1 unspecified atom stereocenters. The third-order valence-electron chi connectivity index (χ3n) is 2.98. The molecule has 0 aliphatic carbocycles. The molecule has 7 nitrogen and oxygen atoms in total. The summed E-state index contributed by atoms with van der Waals surface area (Å²) in [7, 11) is 1.75. The van der Waals surface area contributed by atoms with Gasteiger partial charge >= 0.3 is 6.03 Å². The summed E-state index contributed by atoms with van der Waals surface area (Å²) in [6.07, 6.45) is 3.20. The van der Waals surface area contributed by atoms with Crippen molar-refractivity contribution in [2.75, 3.05) is 5.32 Å². The Hall–Kier alpha value is -2.54. The second-order valence-electron chi connectivity index (χ2n) is 4.74. The third-order valence-corrected chi connectivity index (χ3v) is 3.32. The number of nitrogens with two attached hydrogens (primary N) is 1. The van der Waals surface area contributed by atoms with E-state index in [1.807, 2.05) is 0 Å². The van der Waals surface area contributed by atoms with Crippen LogP contribution in [0.1, 0.15) is 18.0 Å². The maximum Gasteiger partial charge on any atom is 0.312 e. The minimum absolute atomic E-state index is 0.00156. The number of aromatic nitrogens is 2. The molecular weight excluding hydrogens is 306 g/mol. The molecule has 1 aromatic carbocycles. The van der Waals surface area contributed by atoms with Crippen LogP contribution in [0.25, 0.3) is 0 Å². The van der Waals surface area contributed by atoms with E-state index in [1.165, 1.54) is 6.20 Å². The van der Waals surface area contributed by atoms with E-state index in [0.717, 1.165) is 0 Å². The fourth-order valence-corrected chi connectivity index (χ4v) is 2.32. The molecule has 1 heterocycles. The molecule has 3 amide bonds. The lowest BCUT2D eigenvalue weighted by atomic mass is 10.0. The Balaban J connectivity index is 2.11. The standard InChI is InChI=1S/C14H16ClN5O2/c1-20-8-9(7-17-20)18-13(21)6-12(19-14(16)22)10-4-2-3-5-11(10)15/h2-5,7-8,12H,6H2,1H3,(H,18,21)(H3,16,19,22). The molecular formula is C14H16ClN5O2. The van der Waals surface area contributed by atoms with Crippen molar-refractivity contribution in [2.24, 2.45) is 12.8 Å². The van der Waals surface area contributed by atoms with Crippen LogP contribution >= 0.6 is 11.6 Å². The Morgan fingerprint density at radius 3 is 2.73 bits per heavy atom. The van der Waals surface area contributed by atoms with Crippen molar-refractivity contribution < 1.29 is 9.59 Å². The van der Waals surface area contributed by atoms with Crippen molar-refractivity contribution in [2.45, 2.75) is 12.5 Å². The molecule has 0 saturated heterocycles. The second kappa shape index (κ2) is 6.95. The number of hydrogen-bond donors (Lipinski definition) is 3. The highest BCUT2D eigenvalue weighted by Crippen LogP contribution is 2.25. The number of aryl methyl sites for hydroxylation is 1. The van der Waals surface area contributed by atoms with Crippen LogP contribution in [0, 0.1) is 0 Å². The van der Waals surface area contributed by atoms with Crippen molar-refractivity contribution in [1.29, 1.82) is 0 Å². The first-order valence-electron chi connectivity index (χ1n) is 6.54. The van der Waals surface area contributed by atoms with Gasteiger partial charge in [-0.05, 0) is 11.6 Å². The number of carbonyl (C=O) groups excluding carboxylic acids is 2. The molecule has 0 radical (unpaired) electrons. The summed E-state index contributed by atoms with van der Waals surface area (Å²) < 4.78 is 1.57. The monoisotopic (exact) mass is 321 g/mol. The van der Waals surface area contributed by atoms with Crippen molar-refractivity contribution in [1.82, 2.24) is 15.1 Å². The number of carbonyl (C=O) groups is 2. The van der Waals surface area contributed by atoms with Gasteiger partial charge in [0.25, 0.3) is 0 Å². The minimum atomic E-state index is -0.723.